The van der Waals surface area contributed by atoms with Gasteiger partial charge in [-0.25, -0.2) is 18.6 Å². The number of anilines is 1. The molecule has 14 heteroatoms. The van der Waals surface area contributed by atoms with Gasteiger partial charge in [0.15, 0.2) is 11.6 Å². The Morgan fingerprint density at radius 3 is 2.37 bits per heavy atom. The molecular weight excluding hydrogens is 575 g/mol. The van der Waals surface area contributed by atoms with Crippen molar-refractivity contribution in [3.8, 4) is 0 Å². The minimum Gasteiger partial charge on any atom is -0.368 e. The second kappa shape index (κ2) is 10.7. The fourth-order valence-electron chi connectivity index (χ4n) is 6.78. The predicted octanol–water partition coefficient (Wildman–Crippen LogP) is 4.11. The molecule has 3 unspecified atom stereocenters. The summed E-state index contributed by atoms with van der Waals surface area (Å²) in [4.78, 5) is 38.4. The number of ketones is 1. The number of imidazole rings is 1. The van der Waals surface area contributed by atoms with E-state index < -0.39 is 41.4 Å². The number of halogens is 5. The molecule has 0 radical (unpaired) electrons. The predicted molar refractivity (Wildman–Crippen MR) is 147 cm³/mol. The first kappa shape index (κ1) is 29.7. The molecule has 6 rings (SSSR count). The number of aryl methyl sites for hydroxylation is 2. The van der Waals surface area contributed by atoms with E-state index in [-0.39, 0.29) is 31.2 Å². The lowest BCUT2D eigenvalue weighted by Gasteiger charge is -2.49. The van der Waals surface area contributed by atoms with E-state index in [2.05, 4.69) is 9.88 Å². The van der Waals surface area contributed by atoms with Crippen LogP contribution in [0.3, 0.4) is 0 Å². The van der Waals surface area contributed by atoms with E-state index >= 15 is 0 Å². The van der Waals surface area contributed by atoms with Gasteiger partial charge in [0.25, 0.3) is 0 Å². The molecule has 2 aliphatic heterocycles. The van der Waals surface area contributed by atoms with Gasteiger partial charge in [0.05, 0.1) is 18.7 Å². The summed E-state index contributed by atoms with van der Waals surface area (Å²) in [6.45, 7) is 5.53. The van der Waals surface area contributed by atoms with Crippen LogP contribution in [0.25, 0.3) is 11.2 Å². The Hall–Kier alpha value is -3.39. The van der Waals surface area contributed by atoms with Gasteiger partial charge in [0.1, 0.15) is 23.1 Å². The first-order valence-electron chi connectivity index (χ1n) is 14.4. The zero-order valence-corrected chi connectivity index (χ0v) is 24.1. The van der Waals surface area contributed by atoms with Crippen LogP contribution in [-0.2, 0) is 29.3 Å². The van der Waals surface area contributed by atoms with Crippen molar-refractivity contribution >= 4 is 22.8 Å². The molecule has 2 saturated heterocycles. The third kappa shape index (κ3) is 5.43. The van der Waals surface area contributed by atoms with Crippen LogP contribution < -0.4 is 10.6 Å². The van der Waals surface area contributed by atoms with Crippen molar-refractivity contribution in [3.05, 3.63) is 51.7 Å². The topological polar surface area (TPSA) is 85.5 Å². The molecule has 0 bridgehead atoms. The number of hydrogen-bond donors (Lipinski definition) is 0. The standard InChI is InChI=1S/C29H33F5N6O3/c1-16-14-38(24(19-12-28(30,31)13-19)18-4-6-20(7-5-18)29(32,33)34)9-10-39(16)25-23-26(37(3)27(42)36-25)40(17(2)35-23)15-22-21(41)8-11-43-22/h4-7,16,19,22,24H,8-15H2,1-3H3. The zero-order valence-electron chi connectivity index (χ0n) is 24.1. The summed E-state index contributed by atoms with van der Waals surface area (Å²) in [5, 5.41) is 0. The van der Waals surface area contributed by atoms with Gasteiger partial charge in [-0.15, -0.1) is 0 Å². The van der Waals surface area contributed by atoms with E-state index in [0.29, 0.717) is 61.0 Å². The number of carbonyl (C=O) groups excluding carboxylic acids is 1. The van der Waals surface area contributed by atoms with E-state index in [1.54, 1.807) is 18.5 Å². The number of rotatable bonds is 6. The molecule has 3 aromatic rings. The molecule has 0 spiro atoms. The van der Waals surface area contributed by atoms with Crippen LogP contribution >= 0.6 is 0 Å². The van der Waals surface area contributed by atoms with E-state index in [1.807, 2.05) is 11.8 Å². The van der Waals surface area contributed by atoms with E-state index in [4.69, 9.17) is 9.72 Å². The molecule has 232 valence electrons. The number of Topliss-reactive ketones (excluding diaryl/α,β-unsaturated/α-hetero) is 1. The highest BCUT2D eigenvalue weighted by molar-refractivity contribution is 5.86. The number of fused-ring (bicyclic) bond motifs is 1. The van der Waals surface area contributed by atoms with Crippen LogP contribution in [0.2, 0.25) is 0 Å². The van der Waals surface area contributed by atoms with Crippen molar-refractivity contribution < 1.29 is 31.5 Å². The van der Waals surface area contributed by atoms with E-state index in [1.165, 1.54) is 16.7 Å². The van der Waals surface area contributed by atoms with E-state index in [9.17, 15) is 31.5 Å². The first-order valence-corrected chi connectivity index (χ1v) is 14.4. The Labute approximate surface area is 244 Å². The summed E-state index contributed by atoms with van der Waals surface area (Å²) in [7, 11) is 1.60. The molecule has 0 amide bonds. The number of benzene rings is 1. The molecule has 1 aliphatic carbocycles. The lowest BCUT2D eigenvalue weighted by Crippen LogP contribution is -2.56. The summed E-state index contributed by atoms with van der Waals surface area (Å²) in [6, 6.07) is 4.08. The average Bonchev–Trinajstić information content (AvgIpc) is 3.48. The van der Waals surface area contributed by atoms with Crippen molar-refractivity contribution in [1.82, 2.24) is 24.0 Å². The number of nitrogens with zero attached hydrogens (tertiary/aromatic N) is 6. The zero-order chi connectivity index (χ0) is 30.8. The molecule has 9 nitrogen and oxygen atoms in total. The molecule has 1 saturated carbocycles. The Balaban J connectivity index is 1.29. The third-order valence-electron chi connectivity index (χ3n) is 9.00. The molecular formula is C29H33F5N6O3. The molecule has 3 atom stereocenters. The second-order valence-corrected chi connectivity index (χ2v) is 11.9. The number of piperazine rings is 1. The van der Waals surface area contributed by atoms with Crippen LogP contribution in [0.15, 0.2) is 29.1 Å². The van der Waals surface area contributed by atoms with Crippen LogP contribution in [0.4, 0.5) is 27.8 Å². The molecule has 3 aliphatic rings. The van der Waals surface area contributed by atoms with Gasteiger partial charge >= 0.3 is 11.9 Å². The van der Waals surface area contributed by atoms with Crippen molar-refractivity contribution in [1.29, 1.82) is 0 Å². The van der Waals surface area contributed by atoms with Gasteiger partial charge in [0.2, 0.25) is 5.92 Å². The normalized spacial score (nSPS) is 24.1. The largest absolute Gasteiger partial charge is 0.416 e. The van der Waals surface area contributed by atoms with Crippen molar-refractivity contribution in [2.45, 2.75) is 69.9 Å². The highest BCUT2D eigenvalue weighted by Crippen LogP contribution is 2.51. The van der Waals surface area contributed by atoms with Crippen LogP contribution in [0.5, 0.6) is 0 Å². The molecule has 43 heavy (non-hydrogen) atoms. The number of ether oxygens (including phenoxy) is 1. The fraction of sp³-hybridized carbons (Fsp3) is 0.586. The molecule has 3 fully saturated rings. The van der Waals surface area contributed by atoms with Crippen LogP contribution in [0, 0.1) is 12.8 Å². The Kier molecular flexibility index (Phi) is 7.35. The van der Waals surface area contributed by atoms with Gasteiger partial charge in [-0.1, -0.05) is 12.1 Å². The van der Waals surface area contributed by atoms with Crippen molar-refractivity contribution in [3.63, 3.8) is 0 Å². The van der Waals surface area contributed by atoms with Crippen molar-refractivity contribution in [2.24, 2.45) is 13.0 Å². The maximum Gasteiger partial charge on any atom is 0.416 e. The molecule has 4 heterocycles. The SMILES string of the molecule is Cc1nc2c(N3CCN(C(c4ccc(C(F)(F)F)cc4)C4CC(F)(F)C4)CC3C)nc(=O)n(C)c2n1CC1OCCC1=O. The van der Waals surface area contributed by atoms with E-state index in [0.717, 1.165) is 12.1 Å². The molecule has 1 aromatic carbocycles. The lowest BCUT2D eigenvalue weighted by molar-refractivity contribution is -0.137. The lowest BCUT2D eigenvalue weighted by atomic mass is 9.73. The monoisotopic (exact) mass is 608 g/mol. The Morgan fingerprint density at radius 2 is 1.79 bits per heavy atom. The number of aromatic nitrogens is 4. The van der Waals surface area contributed by atoms with Crippen molar-refractivity contribution in [2.75, 3.05) is 31.1 Å². The second-order valence-electron chi connectivity index (χ2n) is 11.9. The molecule has 2 aromatic heterocycles. The summed E-state index contributed by atoms with van der Waals surface area (Å²) in [5.41, 5.74) is 0.317. The van der Waals surface area contributed by atoms with Gasteiger partial charge in [-0.2, -0.15) is 18.2 Å². The Bertz CT molecular complexity index is 1590. The maximum absolute atomic E-state index is 14.0. The minimum absolute atomic E-state index is 0.00269. The van der Waals surface area contributed by atoms with Gasteiger partial charge in [-0.3, -0.25) is 14.3 Å². The smallest absolute Gasteiger partial charge is 0.368 e. The summed E-state index contributed by atoms with van der Waals surface area (Å²) >= 11 is 0. The third-order valence-corrected chi connectivity index (χ3v) is 9.00. The Morgan fingerprint density at radius 1 is 1.09 bits per heavy atom. The van der Waals surface area contributed by atoms with Crippen LogP contribution in [0.1, 0.15) is 49.2 Å². The van der Waals surface area contributed by atoms with Gasteiger partial charge in [0, 0.05) is 58.0 Å². The highest BCUT2D eigenvalue weighted by Gasteiger charge is 2.51. The average molecular weight is 609 g/mol. The number of hydrogen-bond acceptors (Lipinski definition) is 7. The fourth-order valence-corrected chi connectivity index (χ4v) is 6.78. The quantitative estimate of drug-likeness (QED) is 0.390. The first-order chi connectivity index (χ1) is 20.2. The molecule has 0 N–H and O–H groups in total. The minimum atomic E-state index is -4.49. The summed E-state index contributed by atoms with van der Waals surface area (Å²) < 4.78 is 76.3. The maximum atomic E-state index is 14.0. The summed E-state index contributed by atoms with van der Waals surface area (Å²) in [5.74, 6) is -2.20. The van der Waals surface area contributed by atoms with Crippen LogP contribution in [-0.4, -0.2) is 74.1 Å². The number of carbonyl (C=O) groups is 1. The van der Waals surface area contributed by atoms with Gasteiger partial charge < -0.3 is 14.2 Å². The summed E-state index contributed by atoms with van der Waals surface area (Å²) in [6.07, 6.45) is -5.42. The highest BCUT2D eigenvalue weighted by atomic mass is 19.4. The van der Waals surface area contributed by atoms with Gasteiger partial charge in [-0.05, 0) is 37.5 Å². The number of alkyl halides is 5.